The van der Waals surface area contributed by atoms with E-state index in [2.05, 4.69) is 10.3 Å². The highest BCUT2D eigenvalue weighted by molar-refractivity contribution is 6.32. The molecule has 3 rings (SSSR count). The Morgan fingerprint density at radius 3 is 2.68 bits per heavy atom. The first-order valence-corrected chi connectivity index (χ1v) is 10.1. The number of anilines is 2. The topological polar surface area (TPSA) is 119 Å². The molecule has 31 heavy (non-hydrogen) atoms. The Morgan fingerprint density at radius 1 is 1.19 bits per heavy atom. The lowest BCUT2D eigenvalue weighted by Crippen LogP contribution is -2.30. The number of benzene rings is 2. The van der Waals surface area contributed by atoms with Crippen LogP contribution in [0, 0.1) is 0 Å². The Labute approximate surface area is 184 Å². The summed E-state index contributed by atoms with van der Waals surface area (Å²) in [5, 5.41) is 11.9. The number of halogens is 1. The van der Waals surface area contributed by atoms with Gasteiger partial charge in [0.15, 0.2) is 11.0 Å². The molecular formula is C22H23ClN4O4. The third-order valence-electron chi connectivity index (χ3n) is 4.44. The second-order valence-electron chi connectivity index (χ2n) is 6.77. The predicted molar refractivity (Wildman–Crippen MR) is 120 cm³/mol. The van der Waals surface area contributed by atoms with Crippen molar-refractivity contribution < 1.29 is 14.6 Å². The van der Waals surface area contributed by atoms with Gasteiger partial charge in [-0.05, 0) is 24.1 Å². The molecule has 0 unspecified atom stereocenters. The molecule has 0 bridgehead atoms. The van der Waals surface area contributed by atoms with Crippen LogP contribution < -0.4 is 16.6 Å². The minimum absolute atomic E-state index is 0.0121. The number of nitrogens with two attached hydrogens (primary N) is 1. The van der Waals surface area contributed by atoms with Gasteiger partial charge in [0.1, 0.15) is 13.2 Å². The van der Waals surface area contributed by atoms with Crippen molar-refractivity contribution in [2.75, 3.05) is 24.2 Å². The molecule has 162 valence electrons. The molecule has 0 amide bonds. The second kappa shape index (κ2) is 10.6. The Kier molecular flexibility index (Phi) is 7.64. The molecule has 0 atom stereocenters. The van der Waals surface area contributed by atoms with Gasteiger partial charge in [-0.15, -0.1) is 0 Å². The standard InChI is InChI=1S/C22H23ClN4O4/c23-20-19(16-8-4-9-17(24)12-16)27(22(30)21(26-20)25-10-5-11-28)13-18(29)31-14-15-6-2-1-3-7-15/h1-4,6-9,12,28H,5,10-11,13-14,24H2,(H,25,26). The number of esters is 1. The molecule has 2 aromatic carbocycles. The summed E-state index contributed by atoms with van der Waals surface area (Å²) >= 11 is 6.41. The summed E-state index contributed by atoms with van der Waals surface area (Å²) in [6, 6.07) is 16.0. The number of aliphatic hydroxyl groups excluding tert-OH is 1. The van der Waals surface area contributed by atoms with Crippen molar-refractivity contribution in [1.29, 1.82) is 0 Å². The van der Waals surface area contributed by atoms with Crippen molar-refractivity contribution in [3.63, 3.8) is 0 Å². The van der Waals surface area contributed by atoms with Crippen LogP contribution in [0.1, 0.15) is 12.0 Å². The zero-order valence-corrected chi connectivity index (χ0v) is 17.5. The van der Waals surface area contributed by atoms with Crippen molar-refractivity contribution in [2.24, 2.45) is 0 Å². The van der Waals surface area contributed by atoms with Gasteiger partial charge in [0.2, 0.25) is 0 Å². The maximum atomic E-state index is 13.1. The summed E-state index contributed by atoms with van der Waals surface area (Å²) < 4.78 is 6.56. The number of hydrogen-bond donors (Lipinski definition) is 3. The summed E-state index contributed by atoms with van der Waals surface area (Å²) in [6.07, 6.45) is 0.425. The van der Waals surface area contributed by atoms with E-state index in [1.807, 2.05) is 30.3 Å². The van der Waals surface area contributed by atoms with E-state index in [1.54, 1.807) is 24.3 Å². The van der Waals surface area contributed by atoms with Crippen LogP contribution in [-0.2, 0) is 22.7 Å². The number of carbonyl (C=O) groups excluding carboxylic acids is 1. The first-order chi connectivity index (χ1) is 15.0. The number of hydrogen-bond acceptors (Lipinski definition) is 7. The van der Waals surface area contributed by atoms with E-state index in [1.165, 1.54) is 4.57 Å². The first kappa shape index (κ1) is 22.3. The van der Waals surface area contributed by atoms with Gasteiger partial charge in [-0.3, -0.25) is 14.2 Å². The minimum atomic E-state index is -0.598. The van der Waals surface area contributed by atoms with Crippen molar-refractivity contribution in [3.8, 4) is 11.3 Å². The average molecular weight is 443 g/mol. The molecule has 9 heteroatoms. The molecule has 0 radical (unpaired) electrons. The van der Waals surface area contributed by atoms with Crippen LogP contribution in [0.4, 0.5) is 11.5 Å². The highest BCUT2D eigenvalue weighted by atomic mass is 35.5. The lowest BCUT2D eigenvalue weighted by atomic mass is 10.1. The zero-order chi connectivity index (χ0) is 22.2. The fourth-order valence-corrected chi connectivity index (χ4v) is 3.26. The van der Waals surface area contributed by atoms with Gasteiger partial charge in [0.25, 0.3) is 5.56 Å². The fraction of sp³-hybridized carbons (Fsp3) is 0.227. The van der Waals surface area contributed by atoms with Crippen LogP contribution in [0.3, 0.4) is 0 Å². The predicted octanol–water partition coefficient (Wildman–Crippen LogP) is 2.68. The van der Waals surface area contributed by atoms with Crippen molar-refractivity contribution >= 4 is 29.1 Å². The molecule has 0 spiro atoms. The molecule has 0 fully saturated rings. The van der Waals surface area contributed by atoms with Crippen LogP contribution >= 0.6 is 11.6 Å². The Hall–Kier alpha value is -3.36. The molecule has 0 aliphatic carbocycles. The Balaban J connectivity index is 1.94. The van der Waals surface area contributed by atoms with E-state index in [-0.39, 0.29) is 36.4 Å². The van der Waals surface area contributed by atoms with Gasteiger partial charge in [0.05, 0.1) is 5.69 Å². The fourth-order valence-electron chi connectivity index (χ4n) is 2.97. The molecule has 4 N–H and O–H groups in total. The van der Waals surface area contributed by atoms with Crippen LogP contribution in [-0.4, -0.2) is 33.8 Å². The highest BCUT2D eigenvalue weighted by Crippen LogP contribution is 2.27. The lowest BCUT2D eigenvalue weighted by molar-refractivity contribution is -0.145. The lowest BCUT2D eigenvalue weighted by Gasteiger charge is -2.16. The van der Waals surface area contributed by atoms with Crippen LogP contribution in [0.2, 0.25) is 5.15 Å². The van der Waals surface area contributed by atoms with E-state index >= 15 is 0 Å². The number of nitrogens with zero attached hydrogens (tertiary/aromatic N) is 2. The maximum absolute atomic E-state index is 13.1. The molecule has 0 saturated carbocycles. The van der Waals surface area contributed by atoms with Crippen molar-refractivity contribution in [2.45, 2.75) is 19.6 Å². The Morgan fingerprint density at radius 2 is 1.97 bits per heavy atom. The van der Waals surface area contributed by atoms with E-state index < -0.39 is 11.5 Å². The zero-order valence-electron chi connectivity index (χ0n) is 16.8. The van der Waals surface area contributed by atoms with E-state index in [4.69, 9.17) is 27.2 Å². The normalized spacial score (nSPS) is 10.6. The summed E-state index contributed by atoms with van der Waals surface area (Å²) in [5.41, 5.74) is 7.47. The third kappa shape index (κ3) is 5.84. The quantitative estimate of drug-likeness (QED) is 0.265. The van der Waals surface area contributed by atoms with Crippen LogP contribution in [0.25, 0.3) is 11.3 Å². The van der Waals surface area contributed by atoms with Gasteiger partial charge in [0, 0.05) is 24.4 Å². The number of ether oxygens (including phenoxy) is 1. The van der Waals surface area contributed by atoms with E-state index in [9.17, 15) is 9.59 Å². The molecule has 8 nitrogen and oxygen atoms in total. The third-order valence-corrected chi connectivity index (χ3v) is 4.70. The molecule has 0 aliphatic rings. The summed E-state index contributed by atoms with van der Waals surface area (Å²) in [4.78, 5) is 29.8. The van der Waals surface area contributed by atoms with Gasteiger partial charge in [-0.1, -0.05) is 54.1 Å². The van der Waals surface area contributed by atoms with Crippen LogP contribution in [0.15, 0.2) is 59.4 Å². The number of nitrogen functional groups attached to an aromatic ring is 1. The molecule has 0 saturated heterocycles. The number of rotatable bonds is 9. The first-order valence-electron chi connectivity index (χ1n) is 9.70. The van der Waals surface area contributed by atoms with Gasteiger partial charge < -0.3 is 20.9 Å². The molecule has 0 aliphatic heterocycles. The van der Waals surface area contributed by atoms with E-state index in [0.717, 1.165) is 5.56 Å². The molecule has 1 heterocycles. The number of carbonyl (C=O) groups is 1. The summed E-state index contributed by atoms with van der Waals surface area (Å²) in [6.45, 7) is 0.0163. The SMILES string of the molecule is Nc1cccc(-c2c(Cl)nc(NCCCO)c(=O)n2CC(=O)OCc2ccccc2)c1. The molecule has 3 aromatic rings. The van der Waals surface area contributed by atoms with Crippen LogP contribution in [0.5, 0.6) is 0 Å². The second-order valence-corrected chi connectivity index (χ2v) is 7.12. The number of aromatic nitrogens is 2. The van der Waals surface area contributed by atoms with Crippen molar-refractivity contribution in [1.82, 2.24) is 9.55 Å². The maximum Gasteiger partial charge on any atom is 0.326 e. The summed E-state index contributed by atoms with van der Waals surface area (Å²) in [7, 11) is 0. The van der Waals surface area contributed by atoms with Gasteiger partial charge in [-0.25, -0.2) is 4.98 Å². The summed E-state index contributed by atoms with van der Waals surface area (Å²) in [5.74, 6) is -0.610. The minimum Gasteiger partial charge on any atom is -0.459 e. The largest absolute Gasteiger partial charge is 0.459 e. The molecule has 1 aromatic heterocycles. The van der Waals surface area contributed by atoms with E-state index in [0.29, 0.717) is 24.2 Å². The molecular weight excluding hydrogens is 420 g/mol. The van der Waals surface area contributed by atoms with Gasteiger partial charge in [-0.2, -0.15) is 0 Å². The van der Waals surface area contributed by atoms with Gasteiger partial charge >= 0.3 is 5.97 Å². The van der Waals surface area contributed by atoms with Crippen molar-refractivity contribution in [3.05, 3.63) is 75.7 Å². The Bertz CT molecular complexity index is 1100. The number of aliphatic hydroxyl groups is 1. The monoisotopic (exact) mass is 442 g/mol. The average Bonchev–Trinajstić information content (AvgIpc) is 2.76. The number of nitrogens with one attached hydrogen (secondary N) is 1. The smallest absolute Gasteiger partial charge is 0.326 e. The highest BCUT2D eigenvalue weighted by Gasteiger charge is 2.20.